The smallest absolute Gasteiger partial charge is 0.230 e. The van der Waals surface area contributed by atoms with Crippen molar-refractivity contribution < 1.29 is 9.90 Å². The predicted octanol–water partition coefficient (Wildman–Crippen LogP) is 1.26. The van der Waals surface area contributed by atoms with E-state index in [0.29, 0.717) is 18.2 Å². The van der Waals surface area contributed by atoms with Gasteiger partial charge in [0.15, 0.2) is 0 Å². The molecule has 0 rings (SSSR count). The van der Waals surface area contributed by atoms with E-state index < -0.39 is 6.10 Å². The van der Waals surface area contributed by atoms with Crippen LogP contribution < -0.4 is 5.32 Å². The summed E-state index contributed by atoms with van der Waals surface area (Å²) in [7, 11) is 0. The molecule has 0 aromatic carbocycles. The molecule has 84 valence electrons. The summed E-state index contributed by atoms with van der Waals surface area (Å²) >= 11 is 1.65. The number of carbonyl (C=O) groups excluding carboxylic acids is 1. The Kier molecular flexibility index (Phi) is 7.99. The van der Waals surface area contributed by atoms with Gasteiger partial charge in [0.1, 0.15) is 0 Å². The van der Waals surface area contributed by atoms with Crippen molar-refractivity contribution in [3.05, 3.63) is 0 Å². The van der Waals surface area contributed by atoms with E-state index in [1.807, 2.05) is 0 Å². The average Bonchev–Trinajstić information content (AvgIpc) is 2.08. The summed E-state index contributed by atoms with van der Waals surface area (Å²) in [5, 5.41) is 11.6. The van der Waals surface area contributed by atoms with Crippen LogP contribution in [-0.4, -0.2) is 35.2 Å². The fourth-order valence-electron chi connectivity index (χ4n) is 0.796. The lowest BCUT2D eigenvalue weighted by Crippen LogP contribution is -2.31. The molecule has 0 saturated heterocycles. The Bertz CT molecular complexity index is 160. The fourth-order valence-corrected chi connectivity index (χ4v) is 1.87. The van der Waals surface area contributed by atoms with Crippen LogP contribution in [-0.2, 0) is 4.79 Å². The Hall–Kier alpha value is -0.220. The van der Waals surface area contributed by atoms with Crippen LogP contribution in [0.5, 0.6) is 0 Å². The summed E-state index contributed by atoms with van der Waals surface area (Å²) in [6.07, 6.45) is 0.688. The standard InChI is InChI=1S/C10H21NO2S/c1-8(2)4-5-14-7-10(13)11-6-9(3)12/h8-9,12H,4-7H2,1-3H3,(H,11,13). The molecule has 1 atom stereocenters. The molecule has 4 heteroatoms. The minimum Gasteiger partial charge on any atom is -0.392 e. The zero-order valence-corrected chi connectivity index (χ0v) is 10.1. The molecule has 0 aromatic rings. The van der Waals surface area contributed by atoms with Gasteiger partial charge in [-0.05, 0) is 25.0 Å². The van der Waals surface area contributed by atoms with Gasteiger partial charge in [-0.25, -0.2) is 0 Å². The topological polar surface area (TPSA) is 49.3 Å². The predicted molar refractivity (Wildman–Crippen MR) is 61.5 cm³/mol. The molecule has 3 nitrogen and oxygen atoms in total. The first kappa shape index (κ1) is 13.8. The first-order chi connectivity index (χ1) is 6.52. The highest BCUT2D eigenvalue weighted by atomic mass is 32.2. The molecule has 0 saturated carbocycles. The van der Waals surface area contributed by atoms with Crippen LogP contribution in [0.1, 0.15) is 27.2 Å². The molecule has 1 unspecified atom stereocenters. The van der Waals surface area contributed by atoms with Gasteiger partial charge in [0.25, 0.3) is 0 Å². The molecule has 1 amide bonds. The molecule has 0 fully saturated rings. The third-order valence-electron chi connectivity index (χ3n) is 1.67. The van der Waals surface area contributed by atoms with Crippen molar-refractivity contribution in [2.75, 3.05) is 18.1 Å². The van der Waals surface area contributed by atoms with Crippen molar-refractivity contribution >= 4 is 17.7 Å². The minimum atomic E-state index is -0.459. The van der Waals surface area contributed by atoms with Crippen LogP contribution in [0.4, 0.5) is 0 Å². The number of aliphatic hydroxyl groups is 1. The molecule has 2 N–H and O–H groups in total. The summed E-state index contributed by atoms with van der Waals surface area (Å²) < 4.78 is 0. The second-order valence-corrected chi connectivity index (χ2v) is 4.99. The van der Waals surface area contributed by atoms with E-state index in [0.717, 1.165) is 12.2 Å². The zero-order valence-electron chi connectivity index (χ0n) is 9.25. The van der Waals surface area contributed by atoms with Crippen LogP contribution in [0, 0.1) is 5.92 Å². The Morgan fingerprint density at radius 2 is 2.07 bits per heavy atom. The Balaban J connectivity index is 3.27. The third kappa shape index (κ3) is 9.86. The van der Waals surface area contributed by atoms with Gasteiger partial charge in [0.2, 0.25) is 5.91 Å². The third-order valence-corrected chi connectivity index (χ3v) is 2.66. The van der Waals surface area contributed by atoms with E-state index in [1.165, 1.54) is 0 Å². The maximum Gasteiger partial charge on any atom is 0.230 e. The number of thioether (sulfide) groups is 1. The fraction of sp³-hybridized carbons (Fsp3) is 0.900. The quantitative estimate of drug-likeness (QED) is 0.634. The lowest BCUT2D eigenvalue weighted by molar-refractivity contribution is -0.118. The first-order valence-corrected chi connectivity index (χ1v) is 6.20. The highest BCUT2D eigenvalue weighted by molar-refractivity contribution is 7.99. The van der Waals surface area contributed by atoms with Crippen molar-refractivity contribution in [2.45, 2.75) is 33.3 Å². The van der Waals surface area contributed by atoms with E-state index in [-0.39, 0.29) is 5.91 Å². The first-order valence-electron chi connectivity index (χ1n) is 5.05. The average molecular weight is 219 g/mol. The molecule has 0 heterocycles. The number of aliphatic hydroxyl groups excluding tert-OH is 1. The van der Waals surface area contributed by atoms with E-state index in [2.05, 4.69) is 19.2 Å². The highest BCUT2D eigenvalue weighted by Crippen LogP contribution is 2.07. The van der Waals surface area contributed by atoms with Crippen LogP contribution in [0.3, 0.4) is 0 Å². The summed E-state index contributed by atoms with van der Waals surface area (Å²) in [5.74, 6) is 2.24. The lowest BCUT2D eigenvalue weighted by atomic mass is 10.2. The monoisotopic (exact) mass is 219 g/mol. The van der Waals surface area contributed by atoms with Gasteiger partial charge in [-0.3, -0.25) is 4.79 Å². The number of amides is 1. The van der Waals surface area contributed by atoms with Crippen molar-refractivity contribution in [3.8, 4) is 0 Å². The molecule has 0 aliphatic heterocycles. The van der Waals surface area contributed by atoms with E-state index in [4.69, 9.17) is 5.11 Å². The van der Waals surface area contributed by atoms with Crippen LogP contribution in [0.15, 0.2) is 0 Å². The molecule has 0 radical (unpaired) electrons. The second-order valence-electron chi connectivity index (χ2n) is 3.89. The number of hydrogen-bond donors (Lipinski definition) is 2. The second kappa shape index (κ2) is 8.12. The Labute approximate surface area is 90.7 Å². The zero-order chi connectivity index (χ0) is 11.0. The van der Waals surface area contributed by atoms with Gasteiger partial charge >= 0.3 is 0 Å². The molecule has 0 aliphatic rings. The maximum absolute atomic E-state index is 11.1. The van der Waals surface area contributed by atoms with Crippen molar-refractivity contribution in [1.82, 2.24) is 5.32 Å². The summed E-state index contributed by atoms with van der Waals surface area (Å²) in [5.41, 5.74) is 0. The van der Waals surface area contributed by atoms with Gasteiger partial charge in [0, 0.05) is 6.54 Å². The Morgan fingerprint density at radius 3 is 2.57 bits per heavy atom. The van der Waals surface area contributed by atoms with E-state index >= 15 is 0 Å². The minimum absolute atomic E-state index is 0.0136. The maximum atomic E-state index is 11.1. The largest absolute Gasteiger partial charge is 0.392 e. The van der Waals surface area contributed by atoms with Crippen LogP contribution >= 0.6 is 11.8 Å². The van der Waals surface area contributed by atoms with Gasteiger partial charge < -0.3 is 10.4 Å². The molecule has 0 bridgehead atoms. The van der Waals surface area contributed by atoms with Gasteiger partial charge in [-0.1, -0.05) is 13.8 Å². The normalized spacial score (nSPS) is 12.9. The molecule has 14 heavy (non-hydrogen) atoms. The summed E-state index contributed by atoms with van der Waals surface area (Å²) in [6.45, 7) is 6.36. The molecular weight excluding hydrogens is 198 g/mol. The number of nitrogens with one attached hydrogen (secondary N) is 1. The molecule has 0 aromatic heterocycles. The lowest BCUT2D eigenvalue weighted by Gasteiger charge is -2.07. The molecule has 0 spiro atoms. The van der Waals surface area contributed by atoms with Crippen molar-refractivity contribution in [1.29, 1.82) is 0 Å². The van der Waals surface area contributed by atoms with Crippen molar-refractivity contribution in [3.63, 3.8) is 0 Å². The summed E-state index contributed by atoms with van der Waals surface area (Å²) in [4.78, 5) is 11.1. The number of rotatable bonds is 7. The van der Waals surface area contributed by atoms with Crippen LogP contribution in [0.25, 0.3) is 0 Å². The number of hydrogen-bond acceptors (Lipinski definition) is 3. The number of carbonyl (C=O) groups is 1. The van der Waals surface area contributed by atoms with Gasteiger partial charge in [-0.2, -0.15) is 11.8 Å². The molecular formula is C10H21NO2S. The van der Waals surface area contributed by atoms with Crippen molar-refractivity contribution in [2.24, 2.45) is 5.92 Å². The Morgan fingerprint density at radius 1 is 1.43 bits per heavy atom. The van der Waals surface area contributed by atoms with Gasteiger partial charge in [-0.15, -0.1) is 0 Å². The van der Waals surface area contributed by atoms with E-state index in [1.54, 1.807) is 18.7 Å². The van der Waals surface area contributed by atoms with E-state index in [9.17, 15) is 4.79 Å². The highest BCUT2D eigenvalue weighted by Gasteiger charge is 2.03. The molecule has 0 aliphatic carbocycles. The SMILES string of the molecule is CC(C)CCSCC(=O)NCC(C)O. The van der Waals surface area contributed by atoms with Crippen LogP contribution in [0.2, 0.25) is 0 Å². The summed E-state index contributed by atoms with van der Waals surface area (Å²) in [6, 6.07) is 0. The van der Waals surface area contributed by atoms with Gasteiger partial charge in [0.05, 0.1) is 11.9 Å².